The predicted molar refractivity (Wildman–Crippen MR) is 98.3 cm³/mol. The minimum atomic E-state index is -0.385. The fourth-order valence-electron chi connectivity index (χ4n) is 3.38. The van der Waals surface area contributed by atoms with Gasteiger partial charge in [-0.15, -0.1) is 0 Å². The average molecular weight is 341 g/mol. The molecule has 0 fully saturated rings. The number of nitro groups is 1. The van der Waals surface area contributed by atoms with Gasteiger partial charge in [-0.2, -0.15) is 0 Å². The second-order valence-electron chi connectivity index (χ2n) is 5.86. The van der Waals surface area contributed by atoms with Crippen LogP contribution >= 0.6 is 0 Å². The third-order valence-electron chi connectivity index (χ3n) is 4.46. The molecule has 7 heteroatoms. The maximum Gasteiger partial charge on any atom is 0.293 e. The molecule has 0 aliphatic heterocycles. The Morgan fingerprint density at radius 3 is 2.27 bits per heavy atom. The molecule has 0 spiro atoms. The van der Waals surface area contributed by atoms with Crippen molar-refractivity contribution < 1.29 is 4.92 Å². The smallest absolute Gasteiger partial charge is 0.292 e. The van der Waals surface area contributed by atoms with Gasteiger partial charge in [0.2, 0.25) is 0 Å². The SMILES string of the molecule is O=[N+]([O-])c1ccccc1-n1cnc2c3cccnc3c3ncccc3c21. The molecule has 0 aliphatic rings. The first-order valence-electron chi connectivity index (χ1n) is 7.98. The van der Waals surface area contributed by atoms with Crippen LogP contribution in [0.1, 0.15) is 0 Å². The second-order valence-corrected chi connectivity index (χ2v) is 5.86. The normalized spacial score (nSPS) is 11.4. The van der Waals surface area contributed by atoms with E-state index >= 15 is 0 Å². The van der Waals surface area contributed by atoms with Crippen LogP contribution in [0.3, 0.4) is 0 Å². The zero-order valence-corrected chi connectivity index (χ0v) is 13.4. The molecule has 0 saturated carbocycles. The molecule has 0 radical (unpaired) electrons. The fraction of sp³-hybridized carbons (Fsp3) is 0. The Kier molecular flexibility index (Phi) is 2.96. The van der Waals surface area contributed by atoms with Crippen molar-refractivity contribution in [3.8, 4) is 5.69 Å². The minimum absolute atomic E-state index is 0.0233. The van der Waals surface area contributed by atoms with E-state index in [1.54, 1.807) is 41.5 Å². The molecule has 5 aromatic rings. The Balaban J connectivity index is 2.01. The highest BCUT2D eigenvalue weighted by atomic mass is 16.6. The number of hydrogen-bond donors (Lipinski definition) is 0. The van der Waals surface area contributed by atoms with Gasteiger partial charge in [-0.1, -0.05) is 12.1 Å². The quantitative estimate of drug-likeness (QED) is 0.275. The molecule has 0 unspecified atom stereocenters. The number of pyridine rings is 2. The van der Waals surface area contributed by atoms with Crippen molar-refractivity contribution in [3.05, 3.63) is 77.4 Å². The molecule has 0 N–H and O–H groups in total. The van der Waals surface area contributed by atoms with Gasteiger partial charge >= 0.3 is 0 Å². The van der Waals surface area contributed by atoms with Gasteiger partial charge in [0.05, 0.1) is 27.0 Å². The number of fused-ring (bicyclic) bond motifs is 6. The number of imidazole rings is 1. The molecule has 7 nitrogen and oxygen atoms in total. The molecule has 5 rings (SSSR count). The van der Waals surface area contributed by atoms with E-state index < -0.39 is 0 Å². The average Bonchev–Trinajstić information content (AvgIpc) is 3.13. The van der Waals surface area contributed by atoms with E-state index in [9.17, 15) is 10.1 Å². The number of nitrogens with zero attached hydrogens (tertiary/aromatic N) is 5. The van der Waals surface area contributed by atoms with Gasteiger partial charge in [-0.05, 0) is 30.3 Å². The maximum absolute atomic E-state index is 11.5. The molecule has 0 atom stereocenters. The highest BCUT2D eigenvalue weighted by Crippen LogP contribution is 2.35. The third kappa shape index (κ3) is 1.91. The van der Waals surface area contributed by atoms with E-state index in [1.165, 1.54) is 6.07 Å². The van der Waals surface area contributed by atoms with Crippen molar-refractivity contribution >= 4 is 38.5 Å². The zero-order chi connectivity index (χ0) is 17.7. The lowest BCUT2D eigenvalue weighted by molar-refractivity contribution is -0.384. The zero-order valence-electron chi connectivity index (χ0n) is 13.4. The van der Waals surface area contributed by atoms with Gasteiger partial charge in [0, 0.05) is 29.2 Å². The summed E-state index contributed by atoms with van der Waals surface area (Å²) in [6, 6.07) is 14.2. The lowest BCUT2D eigenvalue weighted by atomic mass is 10.1. The van der Waals surface area contributed by atoms with Gasteiger partial charge in [-0.3, -0.25) is 24.6 Å². The predicted octanol–water partition coefficient (Wildman–Crippen LogP) is 4.03. The van der Waals surface area contributed by atoms with Crippen molar-refractivity contribution in [1.29, 1.82) is 0 Å². The van der Waals surface area contributed by atoms with E-state index in [1.807, 2.05) is 24.3 Å². The van der Waals surface area contributed by atoms with Crippen LogP contribution in [0.2, 0.25) is 0 Å². The summed E-state index contributed by atoms with van der Waals surface area (Å²) < 4.78 is 1.75. The summed E-state index contributed by atoms with van der Waals surface area (Å²) in [5.41, 5.74) is 3.53. The molecule has 0 saturated heterocycles. The molecular formula is C19H11N5O2. The Morgan fingerprint density at radius 2 is 1.50 bits per heavy atom. The Bertz CT molecular complexity index is 1330. The number of rotatable bonds is 2. The third-order valence-corrected chi connectivity index (χ3v) is 4.46. The van der Waals surface area contributed by atoms with E-state index in [-0.39, 0.29) is 10.6 Å². The lowest BCUT2D eigenvalue weighted by Crippen LogP contribution is -1.99. The van der Waals surface area contributed by atoms with E-state index in [0.717, 1.165) is 32.8 Å². The standard InChI is InChI=1S/C19H11N5O2/c25-24(26)15-8-2-1-7-14(15)23-11-22-18-12-5-3-9-20-16(12)17-13(19(18)23)6-4-10-21-17/h1-11H. The fourth-order valence-corrected chi connectivity index (χ4v) is 3.38. The van der Waals surface area contributed by atoms with Crippen LogP contribution in [0.5, 0.6) is 0 Å². The minimum Gasteiger partial charge on any atom is -0.292 e. The first-order chi connectivity index (χ1) is 12.8. The summed E-state index contributed by atoms with van der Waals surface area (Å²) in [7, 11) is 0. The molecule has 3 heterocycles. The van der Waals surface area contributed by atoms with Crippen LogP contribution < -0.4 is 0 Å². The van der Waals surface area contributed by atoms with Crippen molar-refractivity contribution in [3.63, 3.8) is 0 Å². The van der Waals surface area contributed by atoms with Gasteiger partial charge in [0.1, 0.15) is 12.0 Å². The first-order valence-corrected chi connectivity index (χ1v) is 7.98. The van der Waals surface area contributed by atoms with Crippen molar-refractivity contribution in [1.82, 2.24) is 19.5 Å². The summed E-state index contributed by atoms with van der Waals surface area (Å²) in [5, 5.41) is 13.2. The highest BCUT2D eigenvalue weighted by Gasteiger charge is 2.20. The van der Waals surface area contributed by atoms with Crippen LogP contribution in [0.25, 0.3) is 38.5 Å². The molecule has 26 heavy (non-hydrogen) atoms. The number of benzene rings is 2. The molecule has 0 amide bonds. The number of nitro benzene ring substituents is 1. The summed E-state index contributed by atoms with van der Waals surface area (Å²) in [5.74, 6) is 0. The van der Waals surface area contributed by atoms with Crippen LogP contribution in [0, 0.1) is 10.1 Å². The second kappa shape index (κ2) is 5.32. The molecule has 3 aromatic heterocycles. The maximum atomic E-state index is 11.5. The topological polar surface area (TPSA) is 86.7 Å². The summed E-state index contributed by atoms with van der Waals surface area (Å²) in [6.07, 6.45) is 5.06. The Labute approximate surface area is 146 Å². The number of hydrogen-bond acceptors (Lipinski definition) is 5. The molecule has 2 aromatic carbocycles. The summed E-state index contributed by atoms with van der Waals surface area (Å²) >= 11 is 0. The monoisotopic (exact) mass is 341 g/mol. The Morgan fingerprint density at radius 1 is 0.808 bits per heavy atom. The Hall–Kier alpha value is -3.87. The van der Waals surface area contributed by atoms with Crippen LogP contribution in [-0.2, 0) is 0 Å². The number of aromatic nitrogens is 4. The van der Waals surface area contributed by atoms with E-state index in [4.69, 9.17) is 0 Å². The van der Waals surface area contributed by atoms with Gasteiger partial charge in [-0.25, -0.2) is 4.98 Å². The van der Waals surface area contributed by atoms with Crippen molar-refractivity contribution in [2.45, 2.75) is 0 Å². The van der Waals surface area contributed by atoms with Crippen LogP contribution in [-0.4, -0.2) is 24.4 Å². The lowest BCUT2D eigenvalue weighted by Gasteiger charge is -2.09. The summed E-state index contributed by atoms with van der Waals surface area (Å²) in [4.78, 5) is 24.6. The van der Waals surface area contributed by atoms with Gasteiger partial charge in [0.25, 0.3) is 5.69 Å². The van der Waals surface area contributed by atoms with Crippen LogP contribution in [0.15, 0.2) is 67.3 Å². The number of para-hydroxylation sites is 2. The summed E-state index contributed by atoms with van der Waals surface area (Å²) in [6.45, 7) is 0. The van der Waals surface area contributed by atoms with Gasteiger partial charge in [0.15, 0.2) is 0 Å². The largest absolute Gasteiger partial charge is 0.293 e. The van der Waals surface area contributed by atoms with Crippen molar-refractivity contribution in [2.75, 3.05) is 0 Å². The molecule has 0 bridgehead atoms. The van der Waals surface area contributed by atoms with Crippen molar-refractivity contribution in [2.24, 2.45) is 0 Å². The highest BCUT2D eigenvalue weighted by molar-refractivity contribution is 6.21. The first kappa shape index (κ1) is 14.5. The van der Waals surface area contributed by atoms with E-state index in [2.05, 4.69) is 15.0 Å². The van der Waals surface area contributed by atoms with Gasteiger partial charge < -0.3 is 0 Å². The van der Waals surface area contributed by atoms with Crippen LogP contribution in [0.4, 0.5) is 5.69 Å². The molecule has 124 valence electrons. The molecule has 0 aliphatic carbocycles. The molecular weight excluding hydrogens is 330 g/mol. The van der Waals surface area contributed by atoms with E-state index in [0.29, 0.717) is 5.69 Å².